The number of hydrogen-bond donors (Lipinski definition) is 1. The minimum Gasteiger partial charge on any atom is -0.494 e. The van der Waals surface area contributed by atoms with Crippen LogP contribution in [0, 0.1) is 5.82 Å². The summed E-state index contributed by atoms with van der Waals surface area (Å²) in [5.74, 6) is -0.120. The Morgan fingerprint density at radius 2 is 2.06 bits per heavy atom. The molecule has 1 saturated heterocycles. The lowest BCUT2D eigenvalue weighted by molar-refractivity contribution is -0.117. The lowest BCUT2D eigenvalue weighted by atomic mass is 10.1. The van der Waals surface area contributed by atoms with E-state index < -0.39 is 11.7 Å². The molecule has 4 rings (SSSR count). The van der Waals surface area contributed by atoms with Crippen LogP contribution in [-0.2, 0) is 16.0 Å². The van der Waals surface area contributed by atoms with Crippen molar-refractivity contribution in [1.82, 2.24) is 10.2 Å². The third-order valence-electron chi connectivity index (χ3n) is 4.87. The normalized spacial score (nSPS) is 15.9. The van der Waals surface area contributed by atoms with Crippen LogP contribution in [0.25, 0.3) is 0 Å². The van der Waals surface area contributed by atoms with Gasteiger partial charge in [-0.3, -0.25) is 14.9 Å². The number of nitrogens with zero attached hydrogens (tertiary/aromatic N) is 3. The molecular weight excluding hydrogens is 403 g/mol. The fraction of sp³-hybridized carbons (Fsp3) is 0.273. The molecule has 0 unspecified atom stereocenters. The monoisotopic (exact) mass is 424 g/mol. The number of rotatable bonds is 7. The number of hydrogen-bond acceptors (Lipinski definition) is 6. The van der Waals surface area contributed by atoms with Crippen molar-refractivity contribution in [3.05, 3.63) is 65.8 Å². The second-order valence-electron chi connectivity index (χ2n) is 7.13. The van der Waals surface area contributed by atoms with E-state index in [0.29, 0.717) is 18.7 Å². The van der Waals surface area contributed by atoms with Crippen molar-refractivity contribution in [2.75, 3.05) is 23.4 Å². The third-order valence-corrected chi connectivity index (χ3v) is 4.87. The van der Waals surface area contributed by atoms with E-state index >= 15 is 0 Å². The first-order valence-corrected chi connectivity index (χ1v) is 9.92. The number of nitrogens with one attached hydrogen (secondary N) is 1. The van der Waals surface area contributed by atoms with E-state index in [1.54, 1.807) is 11.0 Å². The molecule has 1 atom stereocenters. The van der Waals surface area contributed by atoms with Gasteiger partial charge in [0.2, 0.25) is 17.7 Å². The van der Waals surface area contributed by atoms with Crippen molar-refractivity contribution in [2.45, 2.75) is 25.7 Å². The molecule has 0 bridgehead atoms. The van der Waals surface area contributed by atoms with Crippen molar-refractivity contribution in [3.63, 3.8) is 0 Å². The van der Waals surface area contributed by atoms with Gasteiger partial charge in [0.15, 0.2) is 0 Å². The summed E-state index contributed by atoms with van der Waals surface area (Å²) in [5, 5.41) is 10.3. The van der Waals surface area contributed by atoms with E-state index in [1.807, 2.05) is 31.2 Å². The maximum absolute atomic E-state index is 13.3. The molecule has 1 aliphatic heterocycles. The maximum atomic E-state index is 13.3. The van der Waals surface area contributed by atoms with E-state index in [0.717, 1.165) is 11.4 Å². The lowest BCUT2D eigenvalue weighted by Crippen LogP contribution is -2.24. The summed E-state index contributed by atoms with van der Waals surface area (Å²) >= 11 is 0. The van der Waals surface area contributed by atoms with Gasteiger partial charge in [0.25, 0.3) is 0 Å². The Kier molecular flexibility index (Phi) is 5.92. The molecule has 2 aromatic carbocycles. The Morgan fingerprint density at radius 1 is 1.26 bits per heavy atom. The zero-order valence-corrected chi connectivity index (χ0v) is 16.9. The average Bonchev–Trinajstić information content (AvgIpc) is 3.35. The largest absolute Gasteiger partial charge is 0.494 e. The highest BCUT2D eigenvalue weighted by atomic mass is 19.1. The molecule has 9 heteroatoms. The predicted octanol–water partition coefficient (Wildman–Crippen LogP) is 3.31. The minimum absolute atomic E-state index is 0.0249. The quantitative estimate of drug-likeness (QED) is 0.625. The summed E-state index contributed by atoms with van der Waals surface area (Å²) in [7, 11) is 0. The molecule has 160 valence electrons. The second kappa shape index (κ2) is 8.95. The molecule has 31 heavy (non-hydrogen) atoms. The van der Waals surface area contributed by atoms with Crippen LogP contribution in [0.2, 0.25) is 0 Å². The van der Waals surface area contributed by atoms with Crippen LogP contribution >= 0.6 is 0 Å². The molecule has 2 heterocycles. The first kappa shape index (κ1) is 20.5. The number of halogens is 1. The summed E-state index contributed by atoms with van der Waals surface area (Å²) in [6.45, 7) is 2.87. The number of amides is 2. The summed E-state index contributed by atoms with van der Waals surface area (Å²) in [4.78, 5) is 26.3. The van der Waals surface area contributed by atoms with Crippen LogP contribution in [0.3, 0.4) is 0 Å². The molecule has 1 fully saturated rings. The van der Waals surface area contributed by atoms with Crippen molar-refractivity contribution >= 4 is 23.5 Å². The van der Waals surface area contributed by atoms with Gasteiger partial charge in [0.05, 0.1) is 18.9 Å². The zero-order valence-electron chi connectivity index (χ0n) is 16.9. The molecule has 0 saturated carbocycles. The van der Waals surface area contributed by atoms with E-state index in [1.165, 1.54) is 18.2 Å². The lowest BCUT2D eigenvalue weighted by Gasteiger charge is -2.16. The van der Waals surface area contributed by atoms with Crippen molar-refractivity contribution < 1.29 is 23.1 Å². The number of benzene rings is 2. The van der Waals surface area contributed by atoms with Crippen LogP contribution in [0.1, 0.15) is 30.7 Å². The van der Waals surface area contributed by atoms with Gasteiger partial charge in [-0.1, -0.05) is 17.2 Å². The van der Waals surface area contributed by atoms with Crippen molar-refractivity contribution in [1.29, 1.82) is 0 Å². The molecular formula is C22H21FN4O4. The number of ether oxygens (including phenoxy) is 1. The van der Waals surface area contributed by atoms with E-state index in [4.69, 9.17) is 9.15 Å². The highest BCUT2D eigenvalue weighted by Gasteiger charge is 2.35. The van der Waals surface area contributed by atoms with Crippen LogP contribution in [0.5, 0.6) is 5.75 Å². The Labute approximate surface area is 178 Å². The van der Waals surface area contributed by atoms with Crippen LogP contribution in [0.4, 0.5) is 16.1 Å². The van der Waals surface area contributed by atoms with Gasteiger partial charge in [-0.2, -0.15) is 0 Å². The highest BCUT2D eigenvalue weighted by Crippen LogP contribution is 2.32. The number of anilines is 2. The molecule has 0 spiro atoms. The van der Waals surface area contributed by atoms with Crippen LogP contribution < -0.4 is 15.0 Å². The van der Waals surface area contributed by atoms with Gasteiger partial charge in [-0.05, 0) is 48.9 Å². The Hall–Kier alpha value is -3.75. The van der Waals surface area contributed by atoms with Crippen LogP contribution in [-0.4, -0.2) is 35.2 Å². The van der Waals surface area contributed by atoms with Gasteiger partial charge in [-0.25, -0.2) is 4.39 Å². The maximum Gasteiger partial charge on any atom is 0.322 e. The highest BCUT2D eigenvalue weighted by molar-refractivity contribution is 5.96. The summed E-state index contributed by atoms with van der Waals surface area (Å²) < 4.78 is 24.2. The molecule has 1 N–H and O–H groups in total. The van der Waals surface area contributed by atoms with Crippen LogP contribution in [0.15, 0.2) is 52.9 Å². The summed E-state index contributed by atoms with van der Waals surface area (Å²) in [6.07, 6.45) is 0.203. The Balaban J connectivity index is 1.37. The fourth-order valence-electron chi connectivity index (χ4n) is 3.46. The SMILES string of the molecule is CCOc1ccc(N2C[C@@H](c3nnc(NC(=O)Cc4cccc(F)c4)o3)CC2=O)cc1. The Bertz CT molecular complexity index is 1080. The molecule has 1 aliphatic rings. The Morgan fingerprint density at radius 3 is 2.81 bits per heavy atom. The first-order chi connectivity index (χ1) is 15.0. The number of aromatic nitrogens is 2. The number of carbonyl (C=O) groups is 2. The molecule has 8 nitrogen and oxygen atoms in total. The predicted molar refractivity (Wildman–Crippen MR) is 110 cm³/mol. The van der Waals surface area contributed by atoms with E-state index in [-0.39, 0.29) is 36.6 Å². The van der Waals surface area contributed by atoms with E-state index in [9.17, 15) is 14.0 Å². The minimum atomic E-state index is -0.409. The van der Waals surface area contributed by atoms with Gasteiger partial charge in [0, 0.05) is 18.7 Å². The molecule has 0 aliphatic carbocycles. The van der Waals surface area contributed by atoms with Gasteiger partial charge < -0.3 is 14.1 Å². The van der Waals surface area contributed by atoms with Gasteiger partial charge in [0.1, 0.15) is 11.6 Å². The second-order valence-corrected chi connectivity index (χ2v) is 7.13. The topological polar surface area (TPSA) is 97.6 Å². The number of carbonyl (C=O) groups excluding carboxylic acids is 2. The third kappa shape index (κ3) is 4.88. The van der Waals surface area contributed by atoms with Crippen molar-refractivity contribution in [3.8, 4) is 5.75 Å². The van der Waals surface area contributed by atoms with Gasteiger partial charge in [-0.15, -0.1) is 5.10 Å². The smallest absolute Gasteiger partial charge is 0.322 e. The van der Waals surface area contributed by atoms with Gasteiger partial charge >= 0.3 is 6.01 Å². The molecule has 1 aromatic heterocycles. The first-order valence-electron chi connectivity index (χ1n) is 9.92. The van der Waals surface area contributed by atoms with E-state index in [2.05, 4.69) is 15.5 Å². The molecule has 2 amide bonds. The molecule has 0 radical (unpaired) electrons. The molecule has 3 aromatic rings. The van der Waals surface area contributed by atoms with Crippen molar-refractivity contribution in [2.24, 2.45) is 0 Å². The standard InChI is InChI=1S/C22H21FN4O4/c1-2-30-18-8-6-17(7-9-18)27-13-15(12-20(27)29)21-25-26-22(31-21)24-19(28)11-14-4-3-5-16(23)10-14/h3-10,15H,2,11-13H2,1H3,(H,24,26,28)/t15-/m0/s1. The average molecular weight is 424 g/mol. The summed E-state index contributed by atoms with van der Waals surface area (Å²) in [5.41, 5.74) is 1.30. The fourth-order valence-corrected chi connectivity index (χ4v) is 3.46. The zero-order chi connectivity index (χ0) is 21.8. The summed E-state index contributed by atoms with van der Waals surface area (Å²) in [6, 6.07) is 13.0.